The van der Waals surface area contributed by atoms with Crippen molar-refractivity contribution in [3.05, 3.63) is 47.9 Å². The molecule has 1 aromatic heterocycles. The third-order valence-corrected chi connectivity index (χ3v) is 5.11. The fraction of sp³-hybridized carbons (Fsp3) is 0.476. The summed E-state index contributed by atoms with van der Waals surface area (Å²) < 4.78 is 15.9. The second-order valence-electron chi connectivity index (χ2n) is 7.32. The summed E-state index contributed by atoms with van der Waals surface area (Å²) >= 11 is 0. The lowest BCUT2D eigenvalue weighted by Gasteiger charge is -2.40. The highest BCUT2D eigenvalue weighted by molar-refractivity contribution is 5.86. The SMILES string of the molecule is COc1cccc(CN2CCC[C@](O)(CN(C)Cc3ccoc3)C2=O)c1OC. The van der Waals surface area contributed by atoms with Gasteiger partial charge < -0.3 is 23.9 Å². The van der Waals surface area contributed by atoms with Crippen molar-refractivity contribution in [2.45, 2.75) is 31.5 Å². The molecule has 2 heterocycles. The van der Waals surface area contributed by atoms with Crippen LogP contribution in [0.25, 0.3) is 0 Å². The summed E-state index contributed by atoms with van der Waals surface area (Å²) in [4.78, 5) is 16.7. The standard InChI is InChI=1S/C21H28N2O5/c1-22(12-16-8-11-28-14-16)15-21(25)9-5-10-23(20(21)24)13-17-6-4-7-18(26-2)19(17)27-3/h4,6-8,11,14,25H,5,9-10,12-13,15H2,1-3H3/t21-/m0/s1. The van der Waals surface area contributed by atoms with Crippen LogP contribution in [0.2, 0.25) is 0 Å². The van der Waals surface area contributed by atoms with E-state index in [-0.39, 0.29) is 12.5 Å². The van der Waals surface area contributed by atoms with Crippen LogP contribution in [0.4, 0.5) is 0 Å². The van der Waals surface area contributed by atoms with Gasteiger partial charge in [0.05, 0.1) is 26.7 Å². The molecule has 2 aromatic rings. The van der Waals surface area contributed by atoms with Crippen molar-refractivity contribution in [3.8, 4) is 11.5 Å². The zero-order valence-electron chi connectivity index (χ0n) is 16.7. The molecule has 0 radical (unpaired) electrons. The summed E-state index contributed by atoms with van der Waals surface area (Å²) in [5.74, 6) is 0.992. The lowest BCUT2D eigenvalue weighted by molar-refractivity contribution is -0.160. The van der Waals surface area contributed by atoms with Crippen LogP contribution in [0.5, 0.6) is 11.5 Å². The average molecular weight is 388 g/mol. The average Bonchev–Trinajstić information content (AvgIpc) is 3.18. The Morgan fingerprint density at radius 2 is 2.11 bits per heavy atom. The number of piperidine rings is 1. The smallest absolute Gasteiger partial charge is 0.256 e. The summed E-state index contributed by atoms with van der Waals surface area (Å²) in [6, 6.07) is 7.48. The lowest BCUT2D eigenvalue weighted by atomic mass is 9.90. The van der Waals surface area contributed by atoms with Gasteiger partial charge in [-0.3, -0.25) is 9.69 Å². The quantitative estimate of drug-likeness (QED) is 0.748. The van der Waals surface area contributed by atoms with Crippen molar-refractivity contribution in [1.29, 1.82) is 0 Å². The Morgan fingerprint density at radius 1 is 1.29 bits per heavy atom. The summed E-state index contributed by atoms with van der Waals surface area (Å²) in [6.07, 6.45) is 4.49. The monoisotopic (exact) mass is 388 g/mol. The van der Waals surface area contributed by atoms with E-state index < -0.39 is 5.60 Å². The van der Waals surface area contributed by atoms with E-state index in [9.17, 15) is 9.90 Å². The first-order valence-electron chi connectivity index (χ1n) is 9.38. The number of likely N-dealkylation sites (N-methyl/N-ethyl adjacent to an activating group) is 1. The van der Waals surface area contributed by atoms with E-state index in [4.69, 9.17) is 13.9 Å². The molecule has 7 nitrogen and oxygen atoms in total. The van der Waals surface area contributed by atoms with Gasteiger partial charge in [0, 0.05) is 37.3 Å². The van der Waals surface area contributed by atoms with E-state index in [0.717, 1.165) is 17.5 Å². The molecular weight excluding hydrogens is 360 g/mol. The van der Waals surface area contributed by atoms with Crippen LogP contribution in [-0.2, 0) is 17.9 Å². The maximum atomic E-state index is 13.1. The maximum absolute atomic E-state index is 13.1. The van der Waals surface area contributed by atoms with Gasteiger partial charge >= 0.3 is 0 Å². The number of para-hydroxylation sites is 1. The number of hydrogen-bond acceptors (Lipinski definition) is 6. The van der Waals surface area contributed by atoms with Gasteiger partial charge in [-0.15, -0.1) is 0 Å². The Morgan fingerprint density at radius 3 is 2.79 bits per heavy atom. The minimum absolute atomic E-state index is 0.248. The van der Waals surface area contributed by atoms with Crippen molar-refractivity contribution >= 4 is 5.91 Å². The number of furan rings is 1. The molecule has 1 fully saturated rings. The number of aliphatic hydroxyl groups is 1. The number of methoxy groups -OCH3 is 2. The van der Waals surface area contributed by atoms with E-state index in [2.05, 4.69) is 0 Å². The fourth-order valence-corrected chi connectivity index (χ4v) is 3.84. The minimum atomic E-state index is -1.40. The maximum Gasteiger partial charge on any atom is 0.256 e. The zero-order chi connectivity index (χ0) is 20.1. The van der Waals surface area contributed by atoms with Gasteiger partial charge in [-0.25, -0.2) is 0 Å². The number of carbonyl (C=O) groups excluding carboxylic acids is 1. The third kappa shape index (κ3) is 4.31. The van der Waals surface area contributed by atoms with Crippen molar-refractivity contribution in [1.82, 2.24) is 9.80 Å². The molecule has 3 rings (SSSR count). The first-order valence-corrected chi connectivity index (χ1v) is 9.38. The number of ether oxygens (including phenoxy) is 2. The molecule has 0 saturated carbocycles. The topological polar surface area (TPSA) is 75.4 Å². The molecule has 0 spiro atoms. The number of rotatable bonds is 8. The minimum Gasteiger partial charge on any atom is -0.493 e. The number of carbonyl (C=O) groups is 1. The molecule has 1 aliphatic heterocycles. The Balaban J connectivity index is 1.71. The molecule has 152 valence electrons. The molecule has 28 heavy (non-hydrogen) atoms. The highest BCUT2D eigenvalue weighted by Gasteiger charge is 2.43. The molecule has 1 aliphatic rings. The van der Waals surface area contributed by atoms with Gasteiger partial charge in [-0.2, -0.15) is 0 Å². The van der Waals surface area contributed by atoms with E-state index in [0.29, 0.717) is 37.6 Å². The number of nitrogens with zero attached hydrogens (tertiary/aromatic N) is 2. The molecular formula is C21H28N2O5. The van der Waals surface area contributed by atoms with Crippen LogP contribution in [0.15, 0.2) is 41.2 Å². The second-order valence-corrected chi connectivity index (χ2v) is 7.32. The first-order chi connectivity index (χ1) is 13.5. The molecule has 1 aromatic carbocycles. The van der Waals surface area contributed by atoms with Gasteiger partial charge in [0.25, 0.3) is 5.91 Å². The van der Waals surface area contributed by atoms with E-state index in [1.54, 1.807) is 31.6 Å². The molecule has 1 atom stereocenters. The second kappa shape index (κ2) is 8.67. The van der Waals surface area contributed by atoms with Crippen LogP contribution in [0.1, 0.15) is 24.0 Å². The highest BCUT2D eigenvalue weighted by atomic mass is 16.5. The summed E-state index contributed by atoms with van der Waals surface area (Å²) in [7, 11) is 5.06. The molecule has 1 N–H and O–H groups in total. The molecule has 1 amide bonds. The number of benzene rings is 1. The van der Waals surface area contributed by atoms with Gasteiger partial charge in [-0.1, -0.05) is 12.1 Å². The number of likely N-dealkylation sites (tertiary alicyclic amines) is 1. The molecule has 1 saturated heterocycles. The van der Waals surface area contributed by atoms with Crippen molar-refractivity contribution in [2.24, 2.45) is 0 Å². The fourth-order valence-electron chi connectivity index (χ4n) is 3.84. The Labute approximate surface area is 165 Å². The number of hydrogen-bond donors (Lipinski definition) is 1. The predicted molar refractivity (Wildman–Crippen MR) is 104 cm³/mol. The van der Waals surface area contributed by atoms with E-state index in [1.807, 2.05) is 36.2 Å². The predicted octanol–water partition coefficient (Wildman–Crippen LogP) is 2.28. The molecule has 0 bridgehead atoms. The normalized spacial score (nSPS) is 19.9. The van der Waals surface area contributed by atoms with Crippen LogP contribution >= 0.6 is 0 Å². The highest BCUT2D eigenvalue weighted by Crippen LogP contribution is 2.33. The van der Waals surface area contributed by atoms with Crippen molar-refractivity contribution in [3.63, 3.8) is 0 Å². The third-order valence-electron chi connectivity index (χ3n) is 5.11. The van der Waals surface area contributed by atoms with Crippen LogP contribution in [0.3, 0.4) is 0 Å². The van der Waals surface area contributed by atoms with Crippen molar-refractivity contribution < 1.29 is 23.8 Å². The first kappa shape index (κ1) is 20.2. The van der Waals surface area contributed by atoms with Gasteiger partial charge in [-0.05, 0) is 32.0 Å². The Hall–Kier alpha value is -2.51. The van der Waals surface area contributed by atoms with Crippen LogP contribution in [-0.4, -0.2) is 60.8 Å². The summed E-state index contributed by atoms with van der Waals surface area (Å²) in [5.41, 5.74) is 0.460. The molecule has 0 aliphatic carbocycles. The number of amides is 1. The van der Waals surface area contributed by atoms with Gasteiger partial charge in [0.2, 0.25) is 0 Å². The Kier molecular flexibility index (Phi) is 6.26. The lowest BCUT2D eigenvalue weighted by Crippen LogP contribution is -2.57. The zero-order valence-corrected chi connectivity index (χ0v) is 16.7. The van der Waals surface area contributed by atoms with E-state index in [1.165, 1.54) is 0 Å². The Bertz CT molecular complexity index is 792. The van der Waals surface area contributed by atoms with E-state index >= 15 is 0 Å². The molecule has 7 heteroatoms. The molecule has 0 unspecified atom stereocenters. The largest absolute Gasteiger partial charge is 0.493 e. The summed E-state index contributed by atoms with van der Waals surface area (Å²) in [6.45, 7) is 1.85. The van der Waals surface area contributed by atoms with Gasteiger partial charge in [0.15, 0.2) is 17.1 Å². The van der Waals surface area contributed by atoms with Crippen LogP contribution < -0.4 is 9.47 Å². The van der Waals surface area contributed by atoms with Crippen LogP contribution in [0, 0.1) is 0 Å². The van der Waals surface area contributed by atoms with Crippen molar-refractivity contribution in [2.75, 3.05) is 34.4 Å². The summed E-state index contributed by atoms with van der Waals surface area (Å²) in [5, 5.41) is 11.1. The van der Waals surface area contributed by atoms with Gasteiger partial charge in [0.1, 0.15) is 0 Å².